The van der Waals surface area contributed by atoms with Gasteiger partial charge in [0, 0.05) is 6.54 Å². The Labute approximate surface area is 159 Å². The second-order valence-electron chi connectivity index (χ2n) is 7.64. The largest absolute Gasteiger partial charge is 0.465 e. The smallest absolute Gasteiger partial charge is 0.411 e. The molecule has 5 heteroatoms. The van der Waals surface area contributed by atoms with Crippen molar-refractivity contribution in [2.75, 3.05) is 13.7 Å². The summed E-state index contributed by atoms with van der Waals surface area (Å²) in [6.45, 7) is 6.11. The lowest BCUT2D eigenvalue weighted by atomic mass is 9.87. The minimum Gasteiger partial charge on any atom is -0.465 e. The average molecular weight is 367 g/mol. The molecule has 27 heavy (non-hydrogen) atoms. The first-order valence-corrected chi connectivity index (χ1v) is 9.06. The number of hydrogen-bond donors (Lipinski definition) is 0. The van der Waals surface area contributed by atoms with Crippen LogP contribution in [-0.4, -0.2) is 36.2 Å². The van der Waals surface area contributed by atoms with Crippen LogP contribution in [0.4, 0.5) is 4.79 Å². The first kappa shape index (κ1) is 19.0. The predicted octanol–water partition coefficient (Wildman–Crippen LogP) is 4.36. The topological polar surface area (TPSA) is 55.8 Å². The van der Waals surface area contributed by atoms with Gasteiger partial charge in [-0.3, -0.25) is 4.90 Å². The van der Waals surface area contributed by atoms with Crippen LogP contribution in [0, 0.1) is 0 Å². The number of fused-ring (bicyclic) bond motifs is 1. The van der Waals surface area contributed by atoms with Gasteiger partial charge in [-0.1, -0.05) is 36.4 Å². The number of carbonyl (C=O) groups excluding carboxylic acids is 2. The second kappa shape index (κ2) is 7.43. The molecule has 0 N–H and O–H groups in total. The summed E-state index contributed by atoms with van der Waals surface area (Å²) in [4.78, 5) is 26.5. The van der Waals surface area contributed by atoms with Gasteiger partial charge in [-0.25, -0.2) is 9.59 Å². The lowest BCUT2D eigenvalue weighted by Crippen LogP contribution is -2.43. The quantitative estimate of drug-likeness (QED) is 0.740. The molecule has 3 rings (SSSR count). The van der Waals surface area contributed by atoms with E-state index < -0.39 is 5.60 Å². The Kier molecular flexibility index (Phi) is 5.22. The fourth-order valence-electron chi connectivity index (χ4n) is 3.38. The molecule has 1 unspecified atom stereocenters. The van der Waals surface area contributed by atoms with E-state index in [0.717, 1.165) is 16.7 Å². The van der Waals surface area contributed by atoms with E-state index in [1.807, 2.05) is 63.2 Å². The zero-order valence-corrected chi connectivity index (χ0v) is 16.2. The first-order chi connectivity index (χ1) is 12.8. The summed E-state index contributed by atoms with van der Waals surface area (Å²) >= 11 is 0. The Hall–Kier alpha value is -2.82. The number of ether oxygens (including phenoxy) is 2. The van der Waals surface area contributed by atoms with Crippen LogP contribution in [0.1, 0.15) is 53.9 Å². The monoisotopic (exact) mass is 367 g/mol. The lowest BCUT2D eigenvalue weighted by Gasteiger charge is -2.38. The number of methoxy groups -OCH3 is 1. The van der Waals surface area contributed by atoms with Gasteiger partial charge >= 0.3 is 12.1 Å². The first-order valence-electron chi connectivity index (χ1n) is 9.06. The molecule has 2 aromatic rings. The summed E-state index contributed by atoms with van der Waals surface area (Å²) in [5.74, 6) is -0.358. The number of carbonyl (C=O) groups is 2. The van der Waals surface area contributed by atoms with Crippen LogP contribution in [0.3, 0.4) is 0 Å². The Balaban J connectivity index is 2.03. The third-order valence-electron chi connectivity index (χ3n) is 4.54. The second-order valence-corrected chi connectivity index (χ2v) is 7.64. The Morgan fingerprint density at radius 3 is 2.41 bits per heavy atom. The number of benzene rings is 2. The number of hydrogen-bond acceptors (Lipinski definition) is 4. The van der Waals surface area contributed by atoms with E-state index in [2.05, 4.69) is 0 Å². The highest BCUT2D eigenvalue weighted by atomic mass is 16.6. The minimum atomic E-state index is -0.562. The third-order valence-corrected chi connectivity index (χ3v) is 4.54. The maximum atomic E-state index is 12.9. The number of amides is 1. The zero-order chi connectivity index (χ0) is 19.6. The van der Waals surface area contributed by atoms with E-state index in [4.69, 9.17) is 9.47 Å². The summed E-state index contributed by atoms with van der Waals surface area (Å²) < 4.78 is 10.5. The molecule has 0 aliphatic carbocycles. The van der Waals surface area contributed by atoms with Gasteiger partial charge in [-0.15, -0.1) is 0 Å². The summed E-state index contributed by atoms with van der Waals surface area (Å²) in [6, 6.07) is 15.1. The maximum absolute atomic E-state index is 12.9. The van der Waals surface area contributed by atoms with Crippen LogP contribution in [0.5, 0.6) is 0 Å². The molecule has 0 spiro atoms. The van der Waals surface area contributed by atoms with Gasteiger partial charge in [0.2, 0.25) is 0 Å². The van der Waals surface area contributed by atoms with Crippen molar-refractivity contribution < 1.29 is 19.1 Å². The SMILES string of the molecule is COC(=O)c1ccc2c(c1)CCN(C(=O)OC(C)(C)C)C2c1ccccc1. The van der Waals surface area contributed by atoms with Gasteiger partial charge < -0.3 is 9.47 Å². The molecular weight excluding hydrogens is 342 g/mol. The highest BCUT2D eigenvalue weighted by Crippen LogP contribution is 2.36. The van der Waals surface area contributed by atoms with E-state index in [1.54, 1.807) is 11.0 Å². The molecule has 0 saturated heterocycles. The molecule has 0 bridgehead atoms. The molecule has 1 amide bonds. The van der Waals surface area contributed by atoms with Crippen LogP contribution in [0.2, 0.25) is 0 Å². The molecule has 142 valence electrons. The fraction of sp³-hybridized carbons (Fsp3) is 0.364. The van der Waals surface area contributed by atoms with Gasteiger partial charge in [-0.2, -0.15) is 0 Å². The van der Waals surface area contributed by atoms with Crippen LogP contribution >= 0.6 is 0 Å². The molecule has 0 aromatic heterocycles. The van der Waals surface area contributed by atoms with E-state index in [1.165, 1.54) is 7.11 Å². The fourth-order valence-corrected chi connectivity index (χ4v) is 3.38. The highest BCUT2D eigenvalue weighted by molar-refractivity contribution is 5.89. The molecule has 1 atom stereocenters. The van der Waals surface area contributed by atoms with Crippen molar-refractivity contribution in [3.63, 3.8) is 0 Å². The summed E-state index contributed by atoms with van der Waals surface area (Å²) in [5, 5.41) is 0. The van der Waals surface area contributed by atoms with Gasteiger partial charge in [-0.05, 0) is 56.0 Å². The van der Waals surface area contributed by atoms with Gasteiger partial charge in [0.25, 0.3) is 0 Å². The molecule has 5 nitrogen and oxygen atoms in total. The van der Waals surface area contributed by atoms with E-state index in [0.29, 0.717) is 18.5 Å². The van der Waals surface area contributed by atoms with Crippen molar-refractivity contribution in [1.29, 1.82) is 0 Å². The standard InChI is InChI=1S/C22H25NO4/c1-22(2,3)27-21(25)23-13-12-16-14-17(20(24)26-4)10-11-18(16)19(23)15-8-6-5-7-9-15/h5-11,14,19H,12-13H2,1-4H3. The number of nitrogens with zero attached hydrogens (tertiary/aromatic N) is 1. The number of esters is 1. The van der Waals surface area contributed by atoms with Crippen molar-refractivity contribution in [3.8, 4) is 0 Å². The Morgan fingerprint density at radius 1 is 1.07 bits per heavy atom. The van der Waals surface area contributed by atoms with E-state index >= 15 is 0 Å². The van der Waals surface area contributed by atoms with Crippen molar-refractivity contribution >= 4 is 12.1 Å². The normalized spacial score (nSPS) is 16.4. The molecule has 1 heterocycles. The van der Waals surface area contributed by atoms with Crippen molar-refractivity contribution in [1.82, 2.24) is 4.90 Å². The molecule has 0 fully saturated rings. The lowest BCUT2D eigenvalue weighted by molar-refractivity contribution is 0.0177. The van der Waals surface area contributed by atoms with Crippen molar-refractivity contribution in [2.45, 2.75) is 38.8 Å². The van der Waals surface area contributed by atoms with Gasteiger partial charge in [0.15, 0.2) is 0 Å². The Bertz CT molecular complexity index is 839. The van der Waals surface area contributed by atoms with Gasteiger partial charge in [0.1, 0.15) is 5.60 Å². The minimum absolute atomic E-state index is 0.253. The molecule has 0 radical (unpaired) electrons. The predicted molar refractivity (Wildman–Crippen MR) is 103 cm³/mol. The summed E-state index contributed by atoms with van der Waals surface area (Å²) in [5.41, 5.74) is 3.02. The van der Waals surface area contributed by atoms with Crippen molar-refractivity contribution in [2.24, 2.45) is 0 Å². The molecule has 2 aromatic carbocycles. The average Bonchev–Trinajstić information content (AvgIpc) is 2.65. The molecule has 1 aliphatic rings. The maximum Gasteiger partial charge on any atom is 0.411 e. The van der Waals surface area contributed by atoms with Crippen LogP contribution in [0.25, 0.3) is 0 Å². The van der Waals surface area contributed by atoms with E-state index in [-0.39, 0.29) is 18.1 Å². The Morgan fingerprint density at radius 2 is 1.78 bits per heavy atom. The van der Waals surface area contributed by atoms with Crippen LogP contribution < -0.4 is 0 Å². The molecule has 0 saturated carbocycles. The van der Waals surface area contributed by atoms with Crippen LogP contribution in [0.15, 0.2) is 48.5 Å². The molecule has 1 aliphatic heterocycles. The van der Waals surface area contributed by atoms with Crippen molar-refractivity contribution in [3.05, 3.63) is 70.8 Å². The van der Waals surface area contributed by atoms with Gasteiger partial charge in [0.05, 0.1) is 18.7 Å². The third kappa shape index (κ3) is 4.13. The van der Waals surface area contributed by atoms with E-state index in [9.17, 15) is 9.59 Å². The summed E-state index contributed by atoms with van der Waals surface area (Å²) in [7, 11) is 1.37. The number of rotatable bonds is 2. The van der Waals surface area contributed by atoms with Crippen LogP contribution in [-0.2, 0) is 15.9 Å². The molecular formula is C22H25NO4. The summed E-state index contributed by atoms with van der Waals surface area (Å²) in [6.07, 6.45) is 0.321. The highest BCUT2D eigenvalue weighted by Gasteiger charge is 2.35. The zero-order valence-electron chi connectivity index (χ0n) is 16.2.